The summed E-state index contributed by atoms with van der Waals surface area (Å²) in [7, 11) is -4.35. The van der Waals surface area contributed by atoms with Crippen LogP contribution in [0.15, 0.2) is 48.6 Å². The highest BCUT2D eigenvalue weighted by Crippen LogP contribution is 2.43. The molecule has 5 N–H and O–H groups in total. The van der Waals surface area contributed by atoms with Gasteiger partial charge in [0.2, 0.25) is 5.91 Å². The van der Waals surface area contributed by atoms with Gasteiger partial charge in [-0.15, -0.1) is 0 Å². The monoisotopic (exact) mass is 753 g/mol. The number of nitrogens with two attached hydrogens (primary N) is 1. The predicted octanol–water partition coefficient (Wildman–Crippen LogP) is 11.7. The van der Waals surface area contributed by atoms with Crippen LogP contribution in [-0.2, 0) is 18.4 Å². The second-order valence-corrected chi connectivity index (χ2v) is 15.6. The lowest BCUT2D eigenvalue weighted by Gasteiger charge is -2.23. The highest BCUT2D eigenvalue weighted by Gasteiger charge is 2.26. The third kappa shape index (κ3) is 36.8. The number of aliphatic hydroxyl groups excluding tert-OH is 1. The molecule has 0 aliphatic rings. The average molecular weight is 753 g/mol. The first-order valence-electron chi connectivity index (χ1n) is 21.3. The fraction of sp³-hybridized carbons (Fsp3) is 0.791. The minimum Gasteiger partial charge on any atom is -0.387 e. The minimum absolute atomic E-state index is 0.0693. The largest absolute Gasteiger partial charge is 0.472 e. The first-order chi connectivity index (χ1) is 25.4. The van der Waals surface area contributed by atoms with E-state index in [2.05, 4.69) is 55.6 Å². The predicted molar refractivity (Wildman–Crippen MR) is 221 cm³/mol. The van der Waals surface area contributed by atoms with Crippen molar-refractivity contribution < 1.29 is 28.4 Å². The van der Waals surface area contributed by atoms with Crippen LogP contribution in [0.2, 0.25) is 0 Å². The SMILES string of the molecule is CCCCCCCCC/C=C\CCCCCCCC(=O)NC(COP(=O)(O)OCCN)C(O)/C=C/CC/C=C/CC/C=C/CCCCCCCCC. The third-order valence-corrected chi connectivity index (χ3v) is 10.1. The Labute approximate surface area is 320 Å². The number of hydrogen-bond acceptors (Lipinski definition) is 6. The number of amides is 1. The van der Waals surface area contributed by atoms with Crippen molar-refractivity contribution in [2.75, 3.05) is 19.8 Å². The minimum atomic E-state index is -4.35. The van der Waals surface area contributed by atoms with Crippen molar-refractivity contribution >= 4 is 13.7 Å². The van der Waals surface area contributed by atoms with E-state index in [1.807, 2.05) is 6.08 Å². The van der Waals surface area contributed by atoms with Crippen LogP contribution in [0, 0.1) is 0 Å². The Balaban J connectivity index is 4.34. The quantitative estimate of drug-likeness (QED) is 0.0279. The molecule has 3 unspecified atom stereocenters. The molecule has 8 nitrogen and oxygen atoms in total. The Morgan fingerprint density at radius 2 is 1.02 bits per heavy atom. The van der Waals surface area contributed by atoms with Gasteiger partial charge < -0.3 is 21.1 Å². The first-order valence-corrected chi connectivity index (χ1v) is 22.8. The van der Waals surface area contributed by atoms with Crippen LogP contribution >= 0.6 is 7.82 Å². The van der Waals surface area contributed by atoms with Gasteiger partial charge in [0.05, 0.1) is 25.4 Å². The molecule has 52 heavy (non-hydrogen) atoms. The van der Waals surface area contributed by atoms with E-state index < -0.39 is 20.0 Å². The van der Waals surface area contributed by atoms with E-state index in [0.717, 1.165) is 64.2 Å². The fourth-order valence-electron chi connectivity index (χ4n) is 5.86. The zero-order valence-corrected chi connectivity index (χ0v) is 34.4. The molecular formula is C43H81N2O6P. The molecule has 0 saturated carbocycles. The van der Waals surface area contributed by atoms with Gasteiger partial charge in [-0.05, 0) is 70.6 Å². The molecule has 0 saturated heterocycles. The van der Waals surface area contributed by atoms with Crippen LogP contribution in [0.25, 0.3) is 0 Å². The van der Waals surface area contributed by atoms with Gasteiger partial charge in [-0.2, -0.15) is 0 Å². The number of rotatable bonds is 39. The van der Waals surface area contributed by atoms with Gasteiger partial charge in [0.15, 0.2) is 0 Å². The molecule has 1 amide bonds. The van der Waals surface area contributed by atoms with Crippen LogP contribution < -0.4 is 11.1 Å². The van der Waals surface area contributed by atoms with Crippen molar-refractivity contribution in [2.24, 2.45) is 5.73 Å². The molecule has 0 heterocycles. The maximum atomic E-state index is 12.7. The standard InChI is InChI=1S/C43H81N2O6P/c1-3-5-7-9-11-13-15-17-19-21-22-24-26-28-30-32-34-36-42(46)41(40-51-52(48,49)50-39-38-44)45-43(47)37-35-33-31-29-27-25-23-20-18-16-14-12-10-8-6-4-2/h19-21,23,26,28,34,36,41-42,46H,3-18,22,24-25,27,29-33,35,37-40,44H2,1-2H3,(H,45,47)(H,48,49)/b21-19+,23-20-,28-26+,36-34+. The number of aliphatic hydroxyl groups is 1. The number of carbonyl (C=O) groups excluding carboxylic acids is 1. The molecule has 9 heteroatoms. The van der Waals surface area contributed by atoms with E-state index in [1.165, 1.54) is 103 Å². The van der Waals surface area contributed by atoms with E-state index in [0.29, 0.717) is 6.42 Å². The summed E-state index contributed by atoms with van der Waals surface area (Å²) in [4.78, 5) is 22.7. The Bertz CT molecular complexity index is 954. The molecule has 0 aromatic rings. The number of unbranched alkanes of at least 4 members (excludes halogenated alkanes) is 21. The normalized spacial score (nSPS) is 14.6. The molecule has 0 aliphatic heterocycles. The van der Waals surface area contributed by atoms with Crippen LogP contribution in [0.1, 0.15) is 187 Å². The summed E-state index contributed by atoms with van der Waals surface area (Å²) in [6.45, 7) is 4.08. The van der Waals surface area contributed by atoms with Gasteiger partial charge in [-0.1, -0.05) is 159 Å². The second kappa shape index (κ2) is 39.2. The number of carbonyl (C=O) groups is 1. The highest BCUT2D eigenvalue weighted by molar-refractivity contribution is 7.47. The Morgan fingerprint density at radius 3 is 1.48 bits per heavy atom. The molecule has 0 aromatic carbocycles. The van der Waals surface area contributed by atoms with Crippen molar-refractivity contribution in [2.45, 2.75) is 199 Å². The Hall–Kier alpha value is -1.54. The number of phosphoric acid groups is 1. The van der Waals surface area contributed by atoms with Crippen molar-refractivity contribution in [3.05, 3.63) is 48.6 Å². The van der Waals surface area contributed by atoms with Gasteiger partial charge >= 0.3 is 7.82 Å². The van der Waals surface area contributed by atoms with Gasteiger partial charge in [0.25, 0.3) is 0 Å². The molecule has 0 aliphatic carbocycles. The van der Waals surface area contributed by atoms with E-state index >= 15 is 0 Å². The molecule has 0 bridgehead atoms. The van der Waals surface area contributed by atoms with Gasteiger partial charge in [-0.3, -0.25) is 13.8 Å². The molecule has 0 rings (SSSR count). The Kier molecular flexibility index (Phi) is 38.0. The van der Waals surface area contributed by atoms with E-state index in [-0.39, 0.29) is 25.7 Å². The topological polar surface area (TPSA) is 131 Å². The summed E-state index contributed by atoms with van der Waals surface area (Å²) in [6, 6.07) is -0.887. The number of hydrogen-bond donors (Lipinski definition) is 4. The van der Waals surface area contributed by atoms with E-state index in [1.54, 1.807) is 6.08 Å². The summed E-state index contributed by atoms with van der Waals surface area (Å²) in [5.74, 6) is -0.218. The maximum Gasteiger partial charge on any atom is 0.472 e. The second-order valence-electron chi connectivity index (χ2n) is 14.2. The molecule has 3 atom stereocenters. The molecular weight excluding hydrogens is 671 g/mol. The van der Waals surface area contributed by atoms with Crippen LogP contribution in [0.3, 0.4) is 0 Å². The van der Waals surface area contributed by atoms with E-state index in [4.69, 9.17) is 14.8 Å². The average Bonchev–Trinajstić information content (AvgIpc) is 3.13. The van der Waals surface area contributed by atoms with Crippen LogP contribution in [0.4, 0.5) is 0 Å². The molecule has 304 valence electrons. The number of phosphoric ester groups is 1. The summed E-state index contributed by atoms with van der Waals surface area (Å²) in [6.07, 6.45) is 47.3. The lowest BCUT2D eigenvalue weighted by Crippen LogP contribution is -2.45. The molecule has 0 radical (unpaired) electrons. The highest BCUT2D eigenvalue weighted by atomic mass is 31.2. The lowest BCUT2D eigenvalue weighted by molar-refractivity contribution is -0.123. The number of nitrogens with one attached hydrogen (secondary N) is 1. The molecule has 0 spiro atoms. The summed E-state index contributed by atoms with van der Waals surface area (Å²) in [5, 5.41) is 13.6. The van der Waals surface area contributed by atoms with Crippen molar-refractivity contribution in [3.8, 4) is 0 Å². The van der Waals surface area contributed by atoms with Gasteiger partial charge in [0.1, 0.15) is 0 Å². The fourth-order valence-corrected chi connectivity index (χ4v) is 6.62. The zero-order chi connectivity index (χ0) is 38.2. The van der Waals surface area contributed by atoms with E-state index in [9.17, 15) is 19.4 Å². The van der Waals surface area contributed by atoms with Crippen molar-refractivity contribution in [1.29, 1.82) is 0 Å². The van der Waals surface area contributed by atoms with Crippen LogP contribution in [0.5, 0.6) is 0 Å². The van der Waals surface area contributed by atoms with Gasteiger partial charge in [0, 0.05) is 13.0 Å². The Morgan fingerprint density at radius 1 is 0.615 bits per heavy atom. The lowest BCUT2D eigenvalue weighted by atomic mass is 10.1. The van der Waals surface area contributed by atoms with Crippen LogP contribution in [-0.4, -0.2) is 47.8 Å². The number of allylic oxidation sites excluding steroid dienone is 7. The summed E-state index contributed by atoms with van der Waals surface area (Å²) in [5.41, 5.74) is 5.36. The van der Waals surface area contributed by atoms with Gasteiger partial charge in [-0.25, -0.2) is 4.57 Å². The molecule has 0 aromatic heterocycles. The molecule has 0 fully saturated rings. The summed E-state index contributed by atoms with van der Waals surface area (Å²) >= 11 is 0. The maximum absolute atomic E-state index is 12.7. The first kappa shape index (κ1) is 50.5. The zero-order valence-electron chi connectivity index (χ0n) is 33.5. The van der Waals surface area contributed by atoms with Crippen molar-refractivity contribution in [3.63, 3.8) is 0 Å². The third-order valence-electron chi connectivity index (χ3n) is 9.10. The van der Waals surface area contributed by atoms with Crippen molar-refractivity contribution in [1.82, 2.24) is 5.32 Å². The summed E-state index contributed by atoms with van der Waals surface area (Å²) < 4.78 is 22.1. The smallest absolute Gasteiger partial charge is 0.387 e.